The summed E-state index contributed by atoms with van der Waals surface area (Å²) >= 11 is 0. The molecular weight excluding hydrogens is 352 g/mol. The maximum atomic E-state index is 14.2. The molecule has 0 spiro atoms. The van der Waals surface area contributed by atoms with Crippen LogP contribution in [0, 0.1) is 17.6 Å². The molecule has 6 heteroatoms. The number of amides is 1. The fraction of sp³-hybridized carbons (Fsp3) is 0.381. The van der Waals surface area contributed by atoms with Crippen LogP contribution in [-0.4, -0.2) is 25.7 Å². The SMILES string of the molecule is CCOc1ccccc1OCC(=O)NCC1(c2ccc(F)cc2F)CC1C. The first-order chi connectivity index (χ1) is 13.0. The summed E-state index contributed by atoms with van der Waals surface area (Å²) in [6.45, 7) is 4.47. The van der Waals surface area contributed by atoms with Crippen LogP contribution in [0.4, 0.5) is 8.78 Å². The number of para-hydroxylation sites is 2. The van der Waals surface area contributed by atoms with Crippen molar-refractivity contribution in [1.29, 1.82) is 0 Å². The molecule has 3 rings (SSSR count). The molecule has 1 fully saturated rings. The van der Waals surface area contributed by atoms with Gasteiger partial charge in [-0.25, -0.2) is 8.78 Å². The van der Waals surface area contributed by atoms with Gasteiger partial charge in [0.1, 0.15) is 11.6 Å². The van der Waals surface area contributed by atoms with Gasteiger partial charge in [-0.1, -0.05) is 25.1 Å². The third kappa shape index (κ3) is 4.21. The van der Waals surface area contributed by atoms with Gasteiger partial charge in [-0.2, -0.15) is 0 Å². The molecule has 1 aliphatic rings. The molecule has 0 aliphatic heterocycles. The summed E-state index contributed by atoms with van der Waals surface area (Å²) in [5, 5.41) is 2.81. The molecule has 0 radical (unpaired) electrons. The second kappa shape index (κ2) is 7.94. The van der Waals surface area contributed by atoms with Gasteiger partial charge < -0.3 is 14.8 Å². The van der Waals surface area contributed by atoms with Crippen molar-refractivity contribution in [2.75, 3.05) is 19.8 Å². The van der Waals surface area contributed by atoms with Crippen LogP contribution in [0.1, 0.15) is 25.8 Å². The second-order valence-electron chi connectivity index (χ2n) is 6.83. The van der Waals surface area contributed by atoms with Gasteiger partial charge in [-0.15, -0.1) is 0 Å². The maximum Gasteiger partial charge on any atom is 0.257 e. The van der Waals surface area contributed by atoms with E-state index in [1.165, 1.54) is 12.1 Å². The Morgan fingerprint density at radius 2 is 1.85 bits per heavy atom. The Bertz CT molecular complexity index is 827. The highest BCUT2D eigenvalue weighted by atomic mass is 19.1. The topological polar surface area (TPSA) is 47.6 Å². The molecule has 0 bridgehead atoms. The quantitative estimate of drug-likeness (QED) is 0.763. The van der Waals surface area contributed by atoms with Crippen LogP contribution in [0.15, 0.2) is 42.5 Å². The molecule has 1 saturated carbocycles. The molecule has 27 heavy (non-hydrogen) atoms. The average Bonchev–Trinajstić information content (AvgIpc) is 3.30. The van der Waals surface area contributed by atoms with Gasteiger partial charge in [-0.3, -0.25) is 4.79 Å². The van der Waals surface area contributed by atoms with E-state index in [1.807, 2.05) is 19.9 Å². The molecule has 2 aromatic carbocycles. The van der Waals surface area contributed by atoms with Crippen LogP contribution in [-0.2, 0) is 10.2 Å². The number of hydrogen-bond acceptors (Lipinski definition) is 3. The van der Waals surface area contributed by atoms with Gasteiger partial charge in [0.15, 0.2) is 18.1 Å². The largest absolute Gasteiger partial charge is 0.490 e. The molecular formula is C21H23F2NO3. The molecule has 2 atom stereocenters. The summed E-state index contributed by atoms with van der Waals surface area (Å²) < 4.78 is 38.4. The monoisotopic (exact) mass is 375 g/mol. The van der Waals surface area contributed by atoms with E-state index in [0.717, 1.165) is 12.5 Å². The molecule has 144 valence electrons. The number of hydrogen-bond donors (Lipinski definition) is 1. The predicted molar refractivity (Wildman–Crippen MR) is 97.9 cm³/mol. The van der Waals surface area contributed by atoms with Crippen LogP contribution in [0.25, 0.3) is 0 Å². The summed E-state index contributed by atoms with van der Waals surface area (Å²) in [5.41, 5.74) is -0.0456. The summed E-state index contributed by atoms with van der Waals surface area (Å²) in [4.78, 5) is 12.2. The highest BCUT2D eigenvalue weighted by molar-refractivity contribution is 5.77. The summed E-state index contributed by atoms with van der Waals surface area (Å²) in [7, 11) is 0. The van der Waals surface area contributed by atoms with Crippen LogP contribution in [0.3, 0.4) is 0 Å². The van der Waals surface area contributed by atoms with E-state index in [9.17, 15) is 13.6 Å². The van der Waals surface area contributed by atoms with E-state index < -0.39 is 17.0 Å². The first-order valence-electron chi connectivity index (χ1n) is 9.03. The molecule has 1 N–H and O–H groups in total. The zero-order valence-corrected chi connectivity index (χ0v) is 15.4. The van der Waals surface area contributed by atoms with E-state index in [1.54, 1.807) is 18.2 Å². The molecule has 2 unspecified atom stereocenters. The lowest BCUT2D eigenvalue weighted by atomic mass is 9.92. The predicted octanol–water partition coefficient (Wildman–Crippen LogP) is 3.84. The number of carbonyl (C=O) groups excluding carboxylic acids is 1. The minimum absolute atomic E-state index is 0.166. The fourth-order valence-corrected chi connectivity index (χ4v) is 3.39. The van der Waals surface area contributed by atoms with E-state index in [2.05, 4.69) is 5.32 Å². The first kappa shape index (κ1) is 19.1. The molecule has 1 aliphatic carbocycles. The molecule has 0 aromatic heterocycles. The van der Waals surface area contributed by atoms with Crippen molar-refractivity contribution in [2.45, 2.75) is 25.7 Å². The molecule has 0 heterocycles. The van der Waals surface area contributed by atoms with Gasteiger partial charge in [0, 0.05) is 18.0 Å². The number of nitrogens with one attached hydrogen (secondary N) is 1. The van der Waals surface area contributed by atoms with E-state index in [4.69, 9.17) is 9.47 Å². The van der Waals surface area contributed by atoms with Crippen molar-refractivity contribution in [2.24, 2.45) is 5.92 Å². The summed E-state index contributed by atoms with van der Waals surface area (Å²) in [6, 6.07) is 10.7. The zero-order valence-electron chi connectivity index (χ0n) is 15.4. The van der Waals surface area contributed by atoms with Gasteiger partial charge in [0.05, 0.1) is 6.61 Å². The van der Waals surface area contributed by atoms with E-state index >= 15 is 0 Å². The van der Waals surface area contributed by atoms with E-state index in [-0.39, 0.29) is 25.0 Å². The van der Waals surface area contributed by atoms with Crippen molar-refractivity contribution in [3.05, 3.63) is 59.7 Å². The van der Waals surface area contributed by atoms with Crippen molar-refractivity contribution >= 4 is 5.91 Å². The van der Waals surface area contributed by atoms with Crippen LogP contribution >= 0.6 is 0 Å². The Morgan fingerprint density at radius 3 is 2.44 bits per heavy atom. The van der Waals surface area contributed by atoms with Crippen molar-refractivity contribution in [3.63, 3.8) is 0 Å². The van der Waals surface area contributed by atoms with Gasteiger partial charge in [0.25, 0.3) is 5.91 Å². The van der Waals surface area contributed by atoms with Crippen LogP contribution in [0.5, 0.6) is 11.5 Å². The number of benzene rings is 2. The standard InChI is InChI=1S/C21H23F2NO3/c1-3-26-18-6-4-5-7-19(18)27-12-20(25)24-13-21(11-14(21)2)16-9-8-15(22)10-17(16)23/h4-10,14H,3,11-13H2,1-2H3,(H,24,25). The fourth-order valence-electron chi connectivity index (χ4n) is 3.39. The van der Waals surface area contributed by atoms with Gasteiger partial charge in [0.2, 0.25) is 0 Å². The highest BCUT2D eigenvalue weighted by Crippen LogP contribution is 2.54. The van der Waals surface area contributed by atoms with Crippen LogP contribution in [0.2, 0.25) is 0 Å². The zero-order chi connectivity index (χ0) is 19.4. The smallest absolute Gasteiger partial charge is 0.257 e. The second-order valence-corrected chi connectivity index (χ2v) is 6.83. The Morgan fingerprint density at radius 1 is 1.19 bits per heavy atom. The van der Waals surface area contributed by atoms with Crippen molar-refractivity contribution < 1.29 is 23.0 Å². The third-order valence-corrected chi connectivity index (χ3v) is 5.03. The van der Waals surface area contributed by atoms with Gasteiger partial charge in [-0.05, 0) is 43.0 Å². The lowest BCUT2D eigenvalue weighted by molar-refractivity contribution is -0.123. The van der Waals surface area contributed by atoms with Crippen molar-refractivity contribution in [1.82, 2.24) is 5.32 Å². The number of rotatable bonds is 8. The summed E-state index contributed by atoms with van der Waals surface area (Å²) in [6.07, 6.45) is 0.740. The molecule has 2 aromatic rings. The maximum absolute atomic E-state index is 14.2. The van der Waals surface area contributed by atoms with E-state index in [0.29, 0.717) is 23.7 Å². The minimum atomic E-state index is -0.606. The Labute approximate surface area is 157 Å². The Hall–Kier alpha value is -2.63. The van der Waals surface area contributed by atoms with Gasteiger partial charge >= 0.3 is 0 Å². The third-order valence-electron chi connectivity index (χ3n) is 5.03. The molecule has 4 nitrogen and oxygen atoms in total. The minimum Gasteiger partial charge on any atom is -0.490 e. The lowest BCUT2D eigenvalue weighted by Gasteiger charge is -2.19. The number of carbonyl (C=O) groups is 1. The normalized spacial score (nSPS) is 20.8. The van der Waals surface area contributed by atoms with Crippen molar-refractivity contribution in [3.8, 4) is 11.5 Å². The molecule has 1 amide bonds. The Balaban J connectivity index is 1.59. The lowest BCUT2D eigenvalue weighted by Crippen LogP contribution is -2.36. The summed E-state index contributed by atoms with van der Waals surface area (Å²) in [5.74, 6) is -0.206. The number of ether oxygens (including phenoxy) is 2. The first-order valence-corrected chi connectivity index (χ1v) is 9.03. The molecule has 0 saturated heterocycles. The highest BCUT2D eigenvalue weighted by Gasteiger charge is 2.53. The number of halogens is 2. The average molecular weight is 375 g/mol. The van der Waals surface area contributed by atoms with Crippen LogP contribution < -0.4 is 14.8 Å². The Kier molecular flexibility index (Phi) is 5.63.